The lowest BCUT2D eigenvalue weighted by molar-refractivity contribution is 0.197. The van der Waals surface area contributed by atoms with Crippen molar-refractivity contribution in [3.63, 3.8) is 0 Å². The monoisotopic (exact) mass is 328 g/mol. The Morgan fingerprint density at radius 1 is 1.33 bits per heavy atom. The minimum absolute atomic E-state index is 0.00470. The van der Waals surface area contributed by atoms with Gasteiger partial charge < -0.3 is 15.2 Å². The smallest absolute Gasteiger partial charge is 0.416 e. The molecule has 0 saturated heterocycles. The van der Waals surface area contributed by atoms with Crippen LogP contribution in [0.2, 0.25) is 0 Å². The number of ether oxygens (including phenoxy) is 1. The van der Waals surface area contributed by atoms with E-state index in [1.54, 1.807) is 0 Å². The second kappa shape index (κ2) is 5.57. The first-order chi connectivity index (χ1) is 11.6. The lowest BCUT2D eigenvalue weighted by Gasteiger charge is -2.18. The van der Waals surface area contributed by atoms with Crippen LogP contribution in [0.1, 0.15) is 11.3 Å². The third-order valence-corrected chi connectivity index (χ3v) is 4.02. The fraction of sp³-hybridized carbons (Fsp3) is 0.188. The summed E-state index contributed by atoms with van der Waals surface area (Å²) in [6.07, 6.45) is 2.22. The Kier molecular flexibility index (Phi) is 3.39. The summed E-state index contributed by atoms with van der Waals surface area (Å²) in [6.45, 7) is 1.40. The fourth-order valence-electron chi connectivity index (χ4n) is 2.85. The SMILES string of the molecule is O=C(O)n1ccc2c(F)c(Oc3ncnc4c3CCNC4)ccc21. The first-order valence-electron chi connectivity index (χ1n) is 7.39. The number of carbonyl (C=O) groups is 1. The molecule has 8 heteroatoms. The van der Waals surface area contributed by atoms with Crippen molar-refractivity contribution < 1.29 is 19.0 Å². The van der Waals surface area contributed by atoms with E-state index in [1.807, 2.05) is 0 Å². The van der Waals surface area contributed by atoms with Crippen LogP contribution < -0.4 is 10.1 Å². The van der Waals surface area contributed by atoms with Crippen molar-refractivity contribution in [1.29, 1.82) is 0 Å². The Morgan fingerprint density at radius 2 is 2.21 bits per heavy atom. The van der Waals surface area contributed by atoms with Gasteiger partial charge in [-0.2, -0.15) is 0 Å². The maximum atomic E-state index is 14.7. The summed E-state index contributed by atoms with van der Waals surface area (Å²) < 4.78 is 21.3. The van der Waals surface area contributed by atoms with E-state index in [9.17, 15) is 9.18 Å². The van der Waals surface area contributed by atoms with Crippen LogP contribution in [0.5, 0.6) is 11.6 Å². The van der Waals surface area contributed by atoms with Gasteiger partial charge in [-0.1, -0.05) is 0 Å². The number of hydrogen-bond acceptors (Lipinski definition) is 5. The molecule has 122 valence electrons. The molecule has 0 unspecified atom stereocenters. The number of fused-ring (bicyclic) bond motifs is 2. The van der Waals surface area contributed by atoms with Crippen LogP contribution in [-0.2, 0) is 13.0 Å². The van der Waals surface area contributed by atoms with Crippen molar-refractivity contribution in [2.75, 3.05) is 6.54 Å². The van der Waals surface area contributed by atoms with Crippen molar-refractivity contribution in [2.45, 2.75) is 13.0 Å². The Hall–Kier alpha value is -3.00. The average Bonchev–Trinajstić information content (AvgIpc) is 3.03. The maximum Gasteiger partial charge on any atom is 0.416 e. The number of halogens is 1. The zero-order valence-corrected chi connectivity index (χ0v) is 12.5. The van der Waals surface area contributed by atoms with Crippen molar-refractivity contribution >= 4 is 17.0 Å². The molecule has 24 heavy (non-hydrogen) atoms. The zero-order valence-electron chi connectivity index (χ0n) is 12.5. The molecule has 3 aromatic rings. The Labute approximate surface area is 135 Å². The third kappa shape index (κ3) is 2.28. The lowest BCUT2D eigenvalue weighted by atomic mass is 10.1. The van der Waals surface area contributed by atoms with E-state index >= 15 is 0 Å². The van der Waals surface area contributed by atoms with Crippen LogP contribution in [0.4, 0.5) is 9.18 Å². The molecule has 0 spiro atoms. The molecule has 0 saturated carbocycles. The minimum Gasteiger partial charge on any atom is -0.464 e. The highest BCUT2D eigenvalue weighted by molar-refractivity contribution is 5.90. The molecule has 7 nitrogen and oxygen atoms in total. The van der Waals surface area contributed by atoms with Gasteiger partial charge in [-0.05, 0) is 31.2 Å². The Balaban J connectivity index is 1.76. The van der Waals surface area contributed by atoms with Crippen LogP contribution in [0, 0.1) is 5.82 Å². The number of nitrogens with zero attached hydrogens (tertiary/aromatic N) is 3. The summed E-state index contributed by atoms with van der Waals surface area (Å²) in [5, 5.41) is 12.5. The van der Waals surface area contributed by atoms with E-state index in [0.29, 0.717) is 18.8 Å². The number of carboxylic acid groups (broad SMARTS) is 1. The van der Waals surface area contributed by atoms with Gasteiger partial charge in [-0.25, -0.2) is 19.2 Å². The average molecular weight is 328 g/mol. The van der Waals surface area contributed by atoms with E-state index in [-0.39, 0.29) is 16.7 Å². The second-order valence-electron chi connectivity index (χ2n) is 5.41. The van der Waals surface area contributed by atoms with Crippen molar-refractivity contribution in [3.05, 3.63) is 47.8 Å². The normalized spacial score (nSPS) is 13.7. The summed E-state index contributed by atoms with van der Waals surface area (Å²) in [6, 6.07) is 4.33. The zero-order chi connectivity index (χ0) is 16.7. The van der Waals surface area contributed by atoms with Gasteiger partial charge in [-0.15, -0.1) is 0 Å². The molecule has 4 rings (SSSR count). The minimum atomic E-state index is -1.17. The van der Waals surface area contributed by atoms with E-state index in [1.165, 1.54) is 30.7 Å². The van der Waals surface area contributed by atoms with E-state index in [4.69, 9.17) is 9.84 Å². The summed E-state index contributed by atoms with van der Waals surface area (Å²) in [7, 11) is 0. The van der Waals surface area contributed by atoms with Gasteiger partial charge >= 0.3 is 6.09 Å². The molecule has 1 aromatic carbocycles. The Morgan fingerprint density at radius 3 is 3.04 bits per heavy atom. The summed E-state index contributed by atoms with van der Waals surface area (Å²) >= 11 is 0. The molecule has 2 aromatic heterocycles. The summed E-state index contributed by atoms with van der Waals surface area (Å²) in [5.41, 5.74) is 1.96. The molecular weight excluding hydrogens is 315 g/mol. The molecule has 0 aliphatic carbocycles. The van der Waals surface area contributed by atoms with E-state index < -0.39 is 11.9 Å². The fourth-order valence-corrected chi connectivity index (χ4v) is 2.85. The predicted molar refractivity (Wildman–Crippen MR) is 82.8 cm³/mol. The van der Waals surface area contributed by atoms with Crippen LogP contribution in [0.15, 0.2) is 30.7 Å². The quantitative estimate of drug-likeness (QED) is 0.751. The third-order valence-electron chi connectivity index (χ3n) is 4.02. The van der Waals surface area contributed by atoms with E-state index in [2.05, 4.69) is 15.3 Å². The van der Waals surface area contributed by atoms with Gasteiger partial charge in [0, 0.05) is 23.7 Å². The Bertz CT molecular complexity index is 954. The molecule has 2 N–H and O–H groups in total. The standard InChI is InChI=1S/C16H13FN4O3/c17-14-10-4-6-21(16(22)23)12(10)1-2-13(14)24-15-9-3-5-18-7-11(9)19-8-20-15/h1-2,4,6,8,18H,3,5,7H2,(H,22,23). The molecule has 0 atom stereocenters. The molecule has 1 aliphatic heterocycles. The van der Waals surface area contributed by atoms with Gasteiger partial charge in [0.1, 0.15) is 6.33 Å². The summed E-state index contributed by atoms with van der Waals surface area (Å²) in [4.78, 5) is 19.4. The van der Waals surface area contributed by atoms with Crippen molar-refractivity contribution in [3.8, 4) is 11.6 Å². The van der Waals surface area contributed by atoms with E-state index in [0.717, 1.165) is 22.4 Å². The molecule has 3 heterocycles. The molecule has 0 bridgehead atoms. The largest absolute Gasteiger partial charge is 0.464 e. The highest BCUT2D eigenvalue weighted by Crippen LogP contribution is 2.32. The van der Waals surface area contributed by atoms with Crippen LogP contribution >= 0.6 is 0 Å². The molecule has 0 fully saturated rings. The lowest BCUT2D eigenvalue weighted by Crippen LogP contribution is -2.25. The van der Waals surface area contributed by atoms with Gasteiger partial charge in [0.2, 0.25) is 5.88 Å². The molecule has 0 radical (unpaired) electrons. The predicted octanol–water partition coefficient (Wildman–Crippen LogP) is 2.53. The molecule has 1 aliphatic rings. The van der Waals surface area contributed by atoms with Crippen LogP contribution in [0.3, 0.4) is 0 Å². The number of benzene rings is 1. The second-order valence-corrected chi connectivity index (χ2v) is 5.41. The number of aromatic nitrogens is 3. The van der Waals surface area contributed by atoms with Gasteiger partial charge in [0.05, 0.1) is 11.2 Å². The maximum absolute atomic E-state index is 14.7. The highest BCUT2D eigenvalue weighted by Gasteiger charge is 2.19. The number of hydrogen-bond donors (Lipinski definition) is 2. The summed E-state index contributed by atoms with van der Waals surface area (Å²) in [5.74, 6) is -0.281. The number of rotatable bonds is 2. The first kappa shape index (κ1) is 14.6. The number of nitrogens with one attached hydrogen (secondary N) is 1. The van der Waals surface area contributed by atoms with Gasteiger partial charge in [-0.3, -0.25) is 4.57 Å². The topological polar surface area (TPSA) is 89.3 Å². The van der Waals surface area contributed by atoms with Gasteiger partial charge in [0.15, 0.2) is 11.6 Å². The van der Waals surface area contributed by atoms with Crippen molar-refractivity contribution in [2.24, 2.45) is 0 Å². The highest BCUT2D eigenvalue weighted by atomic mass is 19.1. The first-order valence-corrected chi connectivity index (χ1v) is 7.39. The molecular formula is C16H13FN4O3. The molecule has 0 amide bonds. The van der Waals surface area contributed by atoms with Crippen LogP contribution in [0.25, 0.3) is 10.9 Å². The van der Waals surface area contributed by atoms with Gasteiger partial charge in [0.25, 0.3) is 0 Å². The van der Waals surface area contributed by atoms with Crippen LogP contribution in [-0.4, -0.2) is 32.3 Å². The van der Waals surface area contributed by atoms with Crippen molar-refractivity contribution in [1.82, 2.24) is 19.9 Å².